The van der Waals surface area contributed by atoms with Crippen LogP contribution in [-0.4, -0.2) is 55.9 Å². The number of rotatable bonds is 9. The monoisotopic (exact) mass is 524 g/mol. The van der Waals surface area contributed by atoms with Crippen LogP contribution in [0.1, 0.15) is 12.0 Å². The molecule has 2 aromatic carbocycles. The van der Waals surface area contributed by atoms with Crippen molar-refractivity contribution in [2.24, 2.45) is 5.10 Å². The van der Waals surface area contributed by atoms with E-state index in [1.165, 1.54) is 36.4 Å². The van der Waals surface area contributed by atoms with Crippen molar-refractivity contribution in [2.75, 3.05) is 7.11 Å². The molecule has 0 radical (unpaired) electrons. The first-order chi connectivity index (χ1) is 17.8. The number of amides is 3. The number of carbonyl (C=O) groups is 4. The van der Waals surface area contributed by atoms with Crippen LogP contribution in [0.5, 0.6) is 11.5 Å². The highest BCUT2D eigenvalue weighted by atomic mass is 32.2. The van der Waals surface area contributed by atoms with E-state index in [4.69, 9.17) is 9.47 Å². The number of carbonyl (C=O) groups excluding carboxylic acids is 4. The van der Waals surface area contributed by atoms with Gasteiger partial charge in [0, 0.05) is 0 Å². The van der Waals surface area contributed by atoms with Gasteiger partial charge in [-0.2, -0.15) is 10.2 Å². The van der Waals surface area contributed by atoms with E-state index in [1.807, 2.05) is 6.07 Å². The van der Waals surface area contributed by atoms with Crippen LogP contribution < -0.4 is 25.9 Å². The maximum atomic E-state index is 12.5. The number of ether oxygens (including phenoxy) is 2. The summed E-state index contributed by atoms with van der Waals surface area (Å²) in [6.45, 7) is -0.336. The number of hydrazone groups is 1. The van der Waals surface area contributed by atoms with Crippen LogP contribution in [0.3, 0.4) is 0 Å². The lowest BCUT2D eigenvalue weighted by molar-refractivity contribution is -0.136. The van der Waals surface area contributed by atoms with Crippen LogP contribution in [0.4, 0.5) is 4.79 Å². The Bertz CT molecular complexity index is 1430. The molecule has 1 saturated heterocycles. The maximum absolute atomic E-state index is 12.5. The molecule has 1 unspecified atom stereocenters. The van der Waals surface area contributed by atoms with Gasteiger partial charge in [0.05, 0.1) is 25.4 Å². The second-order valence-corrected chi connectivity index (χ2v) is 8.72. The van der Waals surface area contributed by atoms with Gasteiger partial charge in [0.25, 0.3) is 11.1 Å². The summed E-state index contributed by atoms with van der Waals surface area (Å²) in [7, 11) is 1.38. The summed E-state index contributed by atoms with van der Waals surface area (Å²) in [6, 6.07) is 13.4. The fraction of sp³-hybridized carbons (Fsp3) is 0.174. The van der Waals surface area contributed by atoms with Crippen molar-refractivity contribution < 1.29 is 28.7 Å². The molecule has 0 aliphatic carbocycles. The van der Waals surface area contributed by atoms with Gasteiger partial charge >= 0.3 is 11.7 Å². The Labute approximate surface area is 213 Å². The Balaban J connectivity index is 1.33. The van der Waals surface area contributed by atoms with Gasteiger partial charge in [-0.15, -0.1) is 0 Å². The number of para-hydroxylation sites is 1. The van der Waals surface area contributed by atoms with Crippen LogP contribution >= 0.6 is 11.8 Å². The molecule has 190 valence electrons. The number of nitrogens with zero attached hydrogens (tertiary/aromatic N) is 4. The molecular formula is C23H20N6O7S. The number of benzene rings is 2. The minimum absolute atomic E-state index is 0.108. The molecule has 4 rings (SSSR count). The number of hydrogen-bond acceptors (Lipinski definition) is 10. The standard InChI is InChI=1S/C23H20N6O7S/c1-35-17-9-14(7-8-16(17)36-20(31)10-18-21(32)26-22(33)37-18)11-24-27-19(30)12-29-23(34)28(13-25-29)15-5-3-2-4-6-15/h2-9,11,13,18H,10,12H2,1H3,(H,27,30)(H,26,32,33)/b24-11-. The number of hydrogen-bond donors (Lipinski definition) is 2. The maximum Gasteiger partial charge on any atom is 0.350 e. The average Bonchev–Trinajstić information content (AvgIpc) is 3.40. The van der Waals surface area contributed by atoms with Gasteiger partial charge in [-0.3, -0.25) is 24.5 Å². The third kappa shape index (κ3) is 6.29. The Morgan fingerprint density at radius 1 is 1.16 bits per heavy atom. The molecular weight excluding hydrogens is 504 g/mol. The molecule has 1 aliphatic rings. The largest absolute Gasteiger partial charge is 0.493 e. The minimum Gasteiger partial charge on any atom is -0.493 e. The molecule has 37 heavy (non-hydrogen) atoms. The SMILES string of the molecule is COc1cc(/C=N\NC(=O)Cn2ncn(-c3ccccc3)c2=O)ccc1OC(=O)CC1SC(=O)NC1=O. The van der Waals surface area contributed by atoms with Gasteiger partial charge in [-0.1, -0.05) is 30.0 Å². The zero-order valence-electron chi connectivity index (χ0n) is 19.3. The Kier molecular flexibility index (Phi) is 7.78. The number of aromatic nitrogens is 3. The smallest absolute Gasteiger partial charge is 0.350 e. The molecule has 13 nitrogen and oxygen atoms in total. The highest BCUT2D eigenvalue weighted by Crippen LogP contribution is 2.29. The van der Waals surface area contributed by atoms with Gasteiger partial charge in [0.15, 0.2) is 11.5 Å². The molecule has 0 spiro atoms. The number of nitrogens with one attached hydrogen (secondary N) is 2. The van der Waals surface area contributed by atoms with E-state index in [0.717, 1.165) is 16.4 Å². The van der Waals surface area contributed by atoms with E-state index in [-0.39, 0.29) is 24.5 Å². The molecule has 3 aromatic rings. The molecule has 1 aromatic heterocycles. The predicted molar refractivity (Wildman–Crippen MR) is 132 cm³/mol. The molecule has 2 heterocycles. The Hall–Kier alpha value is -4.72. The molecule has 0 saturated carbocycles. The Morgan fingerprint density at radius 2 is 1.95 bits per heavy atom. The zero-order chi connectivity index (χ0) is 26.4. The van der Waals surface area contributed by atoms with Crippen molar-refractivity contribution in [3.8, 4) is 17.2 Å². The summed E-state index contributed by atoms with van der Waals surface area (Å²) in [4.78, 5) is 59.7. The second-order valence-electron chi connectivity index (χ2n) is 7.54. The number of methoxy groups -OCH3 is 1. The summed E-state index contributed by atoms with van der Waals surface area (Å²) < 4.78 is 12.8. The van der Waals surface area contributed by atoms with Crippen molar-refractivity contribution in [1.82, 2.24) is 25.1 Å². The van der Waals surface area contributed by atoms with Crippen LogP contribution in [0.2, 0.25) is 0 Å². The lowest BCUT2D eigenvalue weighted by Gasteiger charge is -2.10. The minimum atomic E-state index is -0.844. The summed E-state index contributed by atoms with van der Waals surface area (Å²) in [5.74, 6) is -1.50. The highest BCUT2D eigenvalue weighted by Gasteiger charge is 2.34. The van der Waals surface area contributed by atoms with Gasteiger partial charge in [-0.25, -0.2) is 19.5 Å². The molecule has 1 fully saturated rings. The van der Waals surface area contributed by atoms with E-state index in [0.29, 0.717) is 11.3 Å². The van der Waals surface area contributed by atoms with E-state index in [1.54, 1.807) is 30.3 Å². The second kappa shape index (κ2) is 11.3. The summed E-state index contributed by atoms with van der Waals surface area (Å²) >= 11 is 0.730. The van der Waals surface area contributed by atoms with Gasteiger partial charge in [0.1, 0.15) is 18.1 Å². The molecule has 2 N–H and O–H groups in total. The van der Waals surface area contributed by atoms with Crippen molar-refractivity contribution in [2.45, 2.75) is 18.2 Å². The highest BCUT2D eigenvalue weighted by molar-refractivity contribution is 8.15. The lowest BCUT2D eigenvalue weighted by atomic mass is 10.2. The first-order valence-corrected chi connectivity index (χ1v) is 11.6. The summed E-state index contributed by atoms with van der Waals surface area (Å²) in [5, 5.41) is 8.57. The fourth-order valence-electron chi connectivity index (χ4n) is 3.25. The van der Waals surface area contributed by atoms with Crippen molar-refractivity contribution >= 4 is 41.0 Å². The number of imide groups is 1. The van der Waals surface area contributed by atoms with Crippen LogP contribution in [0.25, 0.3) is 5.69 Å². The van der Waals surface area contributed by atoms with Crippen molar-refractivity contribution in [3.63, 3.8) is 0 Å². The molecule has 14 heteroatoms. The molecule has 3 amide bonds. The average molecular weight is 525 g/mol. The quantitative estimate of drug-likeness (QED) is 0.179. The lowest BCUT2D eigenvalue weighted by Crippen LogP contribution is -2.31. The van der Waals surface area contributed by atoms with Crippen molar-refractivity contribution in [1.29, 1.82) is 0 Å². The molecule has 0 bridgehead atoms. The third-order valence-electron chi connectivity index (χ3n) is 4.99. The van der Waals surface area contributed by atoms with Crippen molar-refractivity contribution in [3.05, 3.63) is 70.9 Å². The first kappa shape index (κ1) is 25.4. The van der Waals surface area contributed by atoms with Crippen LogP contribution in [0, 0.1) is 0 Å². The van der Waals surface area contributed by atoms with E-state index in [9.17, 15) is 24.0 Å². The van der Waals surface area contributed by atoms with Crippen LogP contribution in [-0.2, 0) is 20.9 Å². The Morgan fingerprint density at radius 3 is 2.65 bits per heavy atom. The number of thioether (sulfide) groups is 1. The first-order valence-electron chi connectivity index (χ1n) is 10.8. The summed E-state index contributed by atoms with van der Waals surface area (Å²) in [5.41, 5.74) is 2.98. The molecule has 1 aliphatic heterocycles. The van der Waals surface area contributed by atoms with Gasteiger partial charge in [0.2, 0.25) is 5.91 Å². The van der Waals surface area contributed by atoms with Gasteiger partial charge in [-0.05, 0) is 35.9 Å². The zero-order valence-corrected chi connectivity index (χ0v) is 20.1. The number of esters is 1. The van der Waals surface area contributed by atoms with Crippen LogP contribution in [0.15, 0.2) is 64.8 Å². The normalized spacial score (nSPS) is 15.0. The van der Waals surface area contributed by atoms with Gasteiger partial charge < -0.3 is 9.47 Å². The van der Waals surface area contributed by atoms with E-state index < -0.39 is 34.0 Å². The van der Waals surface area contributed by atoms with E-state index in [2.05, 4.69) is 20.9 Å². The van der Waals surface area contributed by atoms with E-state index >= 15 is 0 Å². The topological polar surface area (TPSA) is 163 Å². The fourth-order valence-corrected chi connectivity index (χ4v) is 4.06. The summed E-state index contributed by atoms with van der Waals surface area (Å²) in [6.07, 6.45) is 2.38. The molecule has 1 atom stereocenters. The third-order valence-corrected chi connectivity index (χ3v) is 5.98. The predicted octanol–water partition coefficient (Wildman–Crippen LogP) is 0.840.